The monoisotopic (exact) mass is 271 g/mol. The van der Waals surface area contributed by atoms with Crippen molar-refractivity contribution >= 4 is 28.1 Å². The third-order valence-electron chi connectivity index (χ3n) is 3.86. The molecule has 3 rings (SSSR count). The van der Waals surface area contributed by atoms with Gasteiger partial charge in [-0.05, 0) is 38.1 Å². The number of piperidine rings is 1. The number of hydrogen-bond acceptors (Lipinski definition) is 4. The lowest BCUT2D eigenvalue weighted by molar-refractivity contribution is 0.328. The number of thiazole rings is 1. The smallest absolute Gasteiger partial charge is 0.186 e. The van der Waals surface area contributed by atoms with Crippen molar-refractivity contribution in [2.45, 2.75) is 31.7 Å². The SMILES string of the molecule is Clc1csc(N2CCCC(C3CCCN3)C2)n1. The molecule has 1 aromatic heterocycles. The number of halogens is 1. The van der Waals surface area contributed by atoms with E-state index in [1.807, 2.05) is 5.38 Å². The predicted molar refractivity (Wildman–Crippen MR) is 73.1 cm³/mol. The molecule has 0 aliphatic carbocycles. The van der Waals surface area contributed by atoms with E-state index in [1.54, 1.807) is 11.3 Å². The Labute approximate surface area is 111 Å². The number of anilines is 1. The Morgan fingerprint density at radius 3 is 3.06 bits per heavy atom. The van der Waals surface area contributed by atoms with E-state index in [0.29, 0.717) is 5.15 Å². The summed E-state index contributed by atoms with van der Waals surface area (Å²) in [5, 5.41) is 7.28. The summed E-state index contributed by atoms with van der Waals surface area (Å²) in [4.78, 5) is 6.79. The first-order valence-corrected chi connectivity index (χ1v) is 7.68. The van der Waals surface area contributed by atoms with Crippen molar-refractivity contribution in [2.75, 3.05) is 24.5 Å². The number of nitrogens with one attached hydrogen (secondary N) is 1. The Morgan fingerprint density at radius 2 is 2.35 bits per heavy atom. The summed E-state index contributed by atoms with van der Waals surface area (Å²) in [5.74, 6) is 0.786. The van der Waals surface area contributed by atoms with Crippen LogP contribution in [0.3, 0.4) is 0 Å². The zero-order valence-corrected chi connectivity index (χ0v) is 11.4. The number of aromatic nitrogens is 1. The first-order valence-electron chi connectivity index (χ1n) is 6.42. The van der Waals surface area contributed by atoms with E-state index < -0.39 is 0 Å². The zero-order chi connectivity index (χ0) is 11.7. The van der Waals surface area contributed by atoms with Gasteiger partial charge in [0.2, 0.25) is 0 Å². The van der Waals surface area contributed by atoms with Gasteiger partial charge < -0.3 is 10.2 Å². The average molecular weight is 272 g/mol. The van der Waals surface area contributed by atoms with Gasteiger partial charge in [0.25, 0.3) is 0 Å². The molecule has 0 bridgehead atoms. The van der Waals surface area contributed by atoms with Crippen molar-refractivity contribution in [3.8, 4) is 0 Å². The molecular weight excluding hydrogens is 254 g/mol. The molecular formula is C12H18ClN3S. The second-order valence-electron chi connectivity index (χ2n) is 5.00. The summed E-state index contributed by atoms with van der Waals surface area (Å²) in [5.41, 5.74) is 0. The van der Waals surface area contributed by atoms with E-state index in [9.17, 15) is 0 Å². The number of nitrogens with zero attached hydrogens (tertiary/aromatic N) is 2. The largest absolute Gasteiger partial charge is 0.348 e. The van der Waals surface area contributed by atoms with Crippen LogP contribution in [0.15, 0.2) is 5.38 Å². The van der Waals surface area contributed by atoms with E-state index >= 15 is 0 Å². The van der Waals surface area contributed by atoms with Crippen LogP contribution in [0.25, 0.3) is 0 Å². The Morgan fingerprint density at radius 1 is 1.41 bits per heavy atom. The normalized spacial score (nSPS) is 29.8. The fourth-order valence-corrected chi connectivity index (χ4v) is 4.00. The molecule has 2 unspecified atom stereocenters. The Hall–Kier alpha value is -0.320. The lowest BCUT2D eigenvalue weighted by Crippen LogP contribution is -2.43. The summed E-state index contributed by atoms with van der Waals surface area (Å²) >= 11 is 7.57. The molecule has 0 saturated carbocycles. The van der Waals surface area contributed by atoms with E-state index in [0.717, 1.165) is 30.2 Å². The summed E-state index contributed by atoms with van der Waals surface area (Å²) in [6, 6.07) is 0.730. The molecule has 5 heteroatoms. The van der Waals surface area contributed by atoms with Gasteiger partial charge >= 0.3 is 0 Å². The lowest BCUT2D eigenvalue weighted by atomic mass is 9.90. The van der Waals surface area contributed by atoms with Gasteiger partial charge in [0.15, 0.2) is 5.13 Å². The molecule has 3 nitrogen and oxygen atoms in total. The zero-order valence-electron chi connectivity index (χ0n) is 9.86. The summed E-state index contributed by atoms with van der Waals surface area (Å²) in [7, 11) is 0. The highest BCUT2D eigenvalue weighted by Crippen LogP contribution is 2.30. The van der Waals surface area contributed by atoms with Crippen LogP contribution in [0.1, 0.15) is 25.7 Å². The Bertz CT molecular complexity index is 376. The molecule has 2 aliphatic rings. The van der Waals surface area contributed by atoms with Gasteiger partial charge in [-0.3, -0.25) is 0 Å². The summed E-state index contributed by atoms with van der Waals surface area (Å²) in [6.07, 6.45) is 5.31. The van der Waals surface area contributed by atoms with Gasteiger partial charge in [0.05, 0.1) is 0 Å². The quantitative estimate of drug-likeness (QED) is 0.897. The maximum atomic E-state index is 5.90. The molecule has 3 heterocycles. The topological polar surface area (TPSA) is 28.2 Å². The van der Waals surface area contributed by atoms with Gasteiger partial charge in [0, 0.05) is 24.5 Å². The van der Waals surface area contributed by atoms with Crippen molar-refractivity contribution in [3.63, 3.8) is 0 Å². The molecule has 0 amide bonds. The van der Waals surface area contributed by atoms with Crippen LogP contribution < -0.4 is 10.2 Å². The molecule has 0 aromatic carbocycles. The highest BCUT2D eigenvalue weighted by molar-refractivity contribution is 7.14. The highest BCUT2D eigenvalue weighted by Gasteiger charge is 2.29. The molecule has 2 atom stereocenters. The molecule has 2 aliphatic heterocycles. The fourth-order valence-electron chi connectivity index (χ4n) is 3.02. The van der Waals surface area contributed by atoms with Crippen molar-refractivity contribution in [1.82, 2.24) is 10.3 Å². The van der Waals surface area contributed by atoms with E-state index in [1.165, 1.54) is 32.2 Å². The number of rotatable bonds is 2. The van der Waals surface area contributed by atoms with Crippen molar-refractivity contribution in [3.05, 3.63) is 10.5 Å². The van der Waals surface area contributed by atoms with Crippen LogP contribution in [0.2, 0.25) is 5.15 Å². The standard InChI is InChI=1S/C12H18ClN3S/c13-11-8-17-12(15-11)16-6-2-3-9(7-16)10-4-1-5-14-10/h8-10,14H,1-7H2. The van der Waals surface area contributed by atoms with Gasteiger partial charge in [-0.25, -0.2) is 4.98 Å². The van der Waals surface area contributed by atoms with E-state index in [2.05, 4.69) is 15.2 Å². The first kappa shape index (κ1) is 11.8. The van der Waals surface area contributed by atoms with Gasteiger partial charge in [-0.2, -0.15) is 0 Å². The van der Waals surface area contributed by atoms with Crippen LogP contribution in [0.5, 0.6) is 0 Å². The first-order chi connectivity index (χ1) is 8.33. The minimum atomic E-state index is 0.631. The molecule has 2 fully saturated rings. The second kappa shape index (κ2) is 5.12. The van der Waals surface area contributed by atoms with E-state index in [4.69, 9.17) is 11.6 Å². The Kier molecular flexibility index (Phi) is 3.54. The Balaban J connectivity index is 1.66. The van der Waals surface area contributed by atoms with Crippen LogP contribution in [0, 0.1) is 5.92 Å². The third-order valence-corrected chi connectivity index (χ3v) is 5.08. The molecule has 1 N–H and O–H groups in total. The molecule has 17 heavy (non-hydrogen) atoms. The average Bonchev–Trinajstić information content (AvgIpc) is 3.00. The van der Waals surface area contributed by atoms with Crippen molar-refractivity contribution < 1.29 is 0 Å². The molecule has 94 valence electrons. The van der Waals surface area contributed by atoms with Crippen LogP contribution >= 0.6 is 22.9 Å². The molecule has 1 aromatic rings. The lowest BCUT2D eigenvalue weighted by Gasteiger charge is -2.35. The molecule has 2 saturated heterocycles. The van der Waals surface area contributed by atoms with Crippen LogP contribution in [-0.4, -0.2) is 30.7 Å². The predicted octanol–water partition coefficient (Wildman–Crippen LogP) is 2.76. The van der Waals surface area contributed by atoms with Gasteiger partial charge in [-0.15, -0.1) is 11.3 Å². The maximum Gasteiger partial charge on any atom is 0.186 e. The maximum absolute atomic E-state index is 5.90. The molecule has 0 spiro atoms. The minimum Gasteiger partial charge on any atom is -0.348 e. The van der Waals surface area contributed by atoms with Gasteiger partial charge in [0.1, 0.15) is 5.15 Å². The summed E-state index contributed by atoms with van der Waals surface area (Å²) < 4.78 is 0. The fraction of sp³-hybridized carbons (Fsp3) is 0.750. The number of hydrogen-bond donors (Lipinski definition) is 1. The minimum absolute atomic E-state index is 0.631. The second-order valence-corrected chi connectivity index (χ2v) is 6.23. The van der Waals surface area contributed by atoms with E-state index in [-0.39, 0.29) is 0 Å². The summed E-state index contributed by atoms with van der Waals surface area (Å²) in [6.45, 7) is 3.47. The molecule has 0 radical (unpaired) electrons. The van der Waals surface area contributed by atoms with Gasteiger partial charge in [-0.1, -0.05) is 11.6 Å². The van der Waals surface area contributed by atoms with Crippen molar-refractivity contribution in [1.29, 1.82) is 0 Å². The van der Waals surface area contributed by atoms with Crippen LogP contribution in [0.4, 0.5) is 5.13 Å². The van der Waals surface area contributed by atoms with Crippen molar-refractivity contribution in [2.24, 2.45) is 5.92 Å². The third kappa shape index (κ3) is 2.59. The van der Waals surface area contributed by atoms with Crippen LogP contribution in [-0.2, 0) is 0 Å². The highest BCUT2D eigenvalue weighted by atomic mass is 35.5.